The second-order valence-electron chi connectivity index (χ2n) is 8.84. The molecule has 0 amide bonds. The van der Waals surface area contributed by atoms with E-state index in [1.54, 1.807) is 13.3 Å². The topological polar surface area (TPSA) is 88.7 Å². The number of benzene rings is 2. The Morgan fingerprint density at radius 2 is 1.72 bits per heavy atom. The van der Waals surface area contributed by atoms with E-state index in [4.69, 9.17) is 15.5 Å². The normalized spacial score (nSPS) is 14.6. The lowest BCUT2D eigenvalue weighted by Gasteiger charge is -2.22. The number of rotatable bonds is 8. The lowest BCUT2D eigenvalue weighted by atomic mass is 10.00. The highest BCUT2D eigenvalue weighted by molar-refractivity contribution is 8.05. The summed E-state index contributed by atoms with van der Waals surface area (Å²) in [5.41, 5.74) is 11.1. The Labute approximate surface area is 218 Å². The summed E-state index contributed by atoms with van der Waals surface area (Å²) in [6.45, 7) is 6.39. The van der Waals surface area contributed by atoms with E-state index in [9.17, 15) is 0 Å². The highest BCUT2D eigenvalue weighted by atomic mass is 32.2. The van der Waals surface area contributed by atoms with Gasteiger partial charge in [-0.05, 0) is 74.0 Å². The van der Waals surface area contributed by atoms with Gasteiger partial charge >= 0.3 is 0 Å². The second kappa shape index (κ2) is 12.4. The van der Waals surface area contributed by atoms with Crippen molar-refractivity contribution in [2.45, 2.75) is 39.5 Å². The van der Waals surface area contributed by atoms with Crippen LogP contribution in [0.3, 0.4) is 0 Å². The van der Waals surface area contributed by atoms with Crippen molar-refractivity contribution >= 4 is 29.8 Å². The number of ether oxygens (including phenoxy) is 1. The number of hydrogen-bond acceptors (Lipinski definition) is 8. The van der Waals surface area contributed by atoms with E-state index in [0.717, 1.165) is 46.1 Å². The van der Waals surface area contributed by atoms with Crippen LogP contribution in [-0.4, -0.2) is 36.3 Å². The molecular formula is C28H34N6OS. The highest BCUT2D eigenvalue weighted by Crippen LogP contribution is 2.32. The summed E-state index contributed by atoms with van der Waals surface area (Å²) in [6.07, 6.45) is 8.30. The third-order valence-corrected chi connectivity index (χ3v) is 6.91. The fourth-order valence-corrected chi connectivity index (χ4v) is 4.91. The number of hydrogen-bond donors (Lipinski definition) is 2. The van der Waals surface area contributed by atoms with Crippen molar-refractivity contribution < 1.29 is 4.74 Å². The van der Waals surface area contributed by atoms with Gasteiger partial charge in [-0.2, -0.15) is 4.98 Å². The van der Waals surface area contributed by atoms with Crippen LogP contribution in [0, 0.1) is 13.8 Å². The first kappa shape index (κ1) is 25.6. The van der Waals surface area contributed by atoms with Gasteiger partial charge in [0.25, 0.3) is 0 Å². The maximum absolute atomic E-state index is 6.22. The van der Waals surface area contributed by atoms with Crippen molar-refractivity contribution in [2.24, 2.45) is 10.7 Å². The summed E-state index contributed by atoms with van der Waals surface area (Å²) in [6, 6.07) is 16.4. The summed E-state index contributed by atoms with van der Waals surface area (Å²) >= 11 is 1.30. The lowest BCUT2D eigenvalue weighted by Crippen LogP contribution is -2.23. The van der Waals surface area contributed by atoms with Gasteiger partial charge in [-0.15, -0.1) is 0 Å². The van der Waals surface area contributed by atoms with Crippen LogP contribution in [0.5, 0.6) is 11.6 Å². The van der Waals surface area contributed by atoms with Crippen molar-refractivity contribution in [2.75, 3.05) is 29.8 Å². The van der Waals surface area contributed by atoms with Crippen LogP contribution in [0.25, 0.3) is 11.3 Å². The Kier molecular flexibility index (Phi) is 8.84. The number of anilines is 2. The van der Waals surface area contributed by atoms with Crippen molar-refractivity contribution in [1.82, 2.24) is 9.97 Å². The third kappa shape index (κ3) is 6.57. The monoisotopic (exact) mass is 502 g/mol. The van der Waals surface area contributed by atoms with Crippen LogP contribution in [0.1, 0.15) is 36.8 Å². The molecule has 0 atom stereocenters. The number of nitrogens with zero attached hydrogens (tertiary/aromatic N) is 4. The van der Waals surface area contributed by atoms with Crippen molar-refractivity contribution in [3.63, 3.8) is 0 Å². The number of nitrogens with two attached hydrogens (primary N) is 1. The number of aliphatic imine (C=N–C) groups is 1. The Morgan fingerprint density at radius 3 is 2.36 bits per heavy atom. The highest BCUT2D eigenvalue weighted by Gasteiger charge is 2.14. The zero-order chi connectivity index (χ0) is 25.3. The van der Waals surface area contributed by atoms with E-state index >= 15 is 0 Å². The number of allylic oxidation sites excluding steroid dienone is 1. The molecule has 1 saturated heterocycles. The molecule has 36 heavy (non-hydrogen) atoms. The first-order valence-corrected chi connectivity index (χ1v) is 13.1. The fourth-order valence-electron chi connectivity index (χ4n) is 4.38. The fraction of sp³-hybridized carbons (Fsp3) is 0.321. The standard InChI is InChI=1S/C28H34N6OS/c1-20-9-8-10-21(2)27(20)25-17-26(32-28(31-25)33-36-24(18-29)19-30-3)35-23-13-11-22(12-14-23)34-15-6-4-5-7-16-34/h8-14,17-19H,4-7,15-16,29H2,1-3H3,(H,31,32,33). The van der Waals surface area contributed by atoms with Crippen LogP contribution in [-0.2, 0) is 0 Å². The van der Waals surface area contributed by atoms with Gasteiger partial charge in [0.05, 0.1) is 10.6 Å². The van der Waals surface area contributed by atoms with Crippen LogP contribution in [0.4, 0.5) is 11.6 Å². The van der Waals surface area contributed by atoms with Crippen LogP contribution < -0.4 is 20.1 Å². The van der Waals surface area contributed by atoms with Crippen molar-refractivity contribution in [3.8, 4) is 22.9 Å². The minimum atomic E-state index is 0.431. The molecule has 3 N–H and O–H groups in total. The predicted octanol–water partition coefficient (Wildman–Crippen LogP) is 6.49. The van der Waals surface area contributed by atoms with Gasteiger partial charge < -0.3 is 15.4 Å². The first-order valence-electron chi connectivity index (χ1n) is 12.3. The van der Waals surface area contributed by atoms with Gasteiger partial charge in [0, 0.05) is 49.9 Å². The Bertz CT molecular complexity index is 1200. The second-order valence-corrected chi connectivity index (χ2v) is 9.72. The van der Waals surface area contributed by atoms with Gasteiger partial charge in [0.1, 0.15) is 5.75 Å². The molecule has 0 unspecified atom stereocenters. The minimum Gasteiger partial charge on any atom is -0.439 e. The van der Waals surface area contributed by atoms with Crippen LogP contribution >= 0.6 is 11.9 Å². The summed E-state index contributed by atoms with van der Waals surface area (Å²) < 4.78 is 9.41. The third-order valence-electron chi connectivity index (χ3n) is 6.15. The predicted molar refractivity (Wildman–Crippen MR) is 152 cm³/mol. The molecule has 0 saturated carbocycles. The lowest BCUT2D eigenvalue weighted by molar-refractivity contribution is 0.463. The molecule has 8 heteroatoms. The maximum atomic E-state index is 6.22. The molecule has 0 bridgehead atoms. The molecule has 0 radical (unpaired) electrons. The smallest absolute Gasteiger partial charge is 0.237 e. The summed E-state index contributed by atoms with van der Waals surface area (Å²) in [4.78, 5) is 16.6. The van der Waals surface area contributed by atoms with E-state index in [-0.39, 0.29) is 0 Å². The number of nitrogens with one attached hydrogen (secondary N) is 1. The van der Waals surface area contributed by atoms with Gasteiger partial charge in [-0.1, -0.05) is 31.0 Å². The molecule has 1 fully saturated rings. The molecule has 1 aliphatic rings. The maximum Gasteiger partial charge on any atom is 0.237 e. The van der Waals surface area contributed by atoms with Gasteiger partial charge in [0.15, 0.2) is 0 Å². The molecule has 2 aromatic carbocycles. The zero-order valence-corrected chi connectivity index (χ0v) is 22.0. The molecule has 3 aromatic rings. The minimum absolute atomic E-state index is 0.431. The summed E-state index contributed by atoms with van der Waals surface area (Å²) in [7, 11) is 1.70. The molecule has 1 aliphatic heterocycles. The van der Waals surface area contributed by atoms with Crippen molar-refractivity contribution in [3.05, 3.63) is 70.8 Å². The molecule has 188 valence electrons. The van der Waals surface area contributed by atoms with Crippen LogP contribution in [0.15, 0.2) is 64.6 Å². The molecule has 0 aliphatic carbocycles. The van der Waals surface area contributed by atoms with E-state index < -0.39 is 0 Å². The largest absolute Gasteiger partial charge is 0.439 e. The number of aromatic nitrogens is 2. The Hall–Kier alpha value is -3.52. The first-order chi connectivity index (χ1) is 17.6. The van der Waals surface area contributed by atoms with Gasteiger partial charge in [-0.25, -0.2) is 4.98 Å². The SMILES string of the molecule is CN=CC(=CN)SNc1nc(Oc2ccc(N3CCCCCC3)cc2)cc(-c2c(C)cccc2C)n1. The van der Waals surface area contributed by atoms with Gasteiger partial charge in [0.2, 0.25) is 11.8 Å². The van der Waals surface area contributed by atoms with E-state index in [1.165, 1.54) is 49.5 Å². The molecule has 7 nitrogen and oxygen atoms in total. The average molecular weight is 503 g/mol. The molecule has 1 aromatic heterocycles. The Morgan fingerprint density at radius 1 is 1.03 bits per heavy atom. The van der Waals surface area contributed by atoms with Crippen LogP contribution in [0.2, 0.25) is 0 Å². The molecule has 2 heterocycles. The molecule has 4 rings (SSSR count). The van der Waals surface area contributed by atoms with E-state index in [1.807, 2.05) is 18.2 Å². The summed E-state index contributed by atoms with van der Waals surface area (Å²) in [5, 5.41) is 0. The van der Waals surface area contributed by atoms with Crippen molar-refractivity contribution in [1.29, 1.82) is 0 Å². The van der Waals surface area contributed by atoms with Gasteiger partial charge in [-0.3, -0.25) is 9.71 Å². The Balaban J connectivity index is 1.61. The molecular weight excluding hydrogens is 468 g/mol. The summed E-state index contributed by atoms with van der Waals surface area (Å²) in [5.74, 6) is 1.63. The van der Waals surface area contributed by atoms with E-state index in [2.05, 4.69) is 63.8 Å². The quantitative estimate of drug-likeness (QED) is 0.269. The molecule has 0 spiro atoms. The van der Waals surface area contributed by atoms with E-state index in [0.29, 0.717) is 11.8 Å². The number of aryl methyl sites for hydroxylation is 2. The zero-order valence-electron chi connectivity index (χ0n) is 21.2. The average Bonchev–Trinajstić information content (AvgIpc) is 3.17.